The van der Waals surface area contributed by atoms with Crippen LogP contribution >= 0.6 is 0 Å². The first-order valence-corrected chi connectivity index (χ1v) is 6.38. The fraction of sp³-hybridized carbons (Fsp3) is 0.500. The Morgan fingerprint density at radius 3 is 2.71 bits per heavy atom. The number of amides is 1. The molecule has 0 radical (unpaired) electrons. The van der Waals surface area contributed by atoms with Crippen LogP contribution in [0.3, 0.4) is 0 Å². The summed E-state index contributed by atoms with van der Waals surface area (Å²) in [5.74, 6) is 1.32. The third-order valence-corrected chi connectivity index (χ3v) is 3.70. The lowest BCUT2D eigenvalue weighted by Crippen LogP contribution is -2.44. The summed E-state index contributed by atoms with van der Waals surface area (Å²) in [6.07, 6.45) is 1.78. The van der Waals surface area contributed by atoms with E-state index < -0.39 is 0 Å². The second-order valence-corrected chi connectivity index (χ2v) is 5.16. The maximum atomic E-state index is 11.7. The number of rotatable bonds is 4. The van der Waals surface area contributed by atoms with Gasteiger partial charge in [-0.15, -0.1) is 0 Å². The lowest BCUT2D eigenvalue weighted by atomic mass is 9.99. The number of carbonyl (C=O) groups excluding carboxylic acids is 1. The lowest BCUT2D eigenvalue weighted by Gasteiger charge is -2.26. The van der Waals surface area contributed by atoms with Gasteiger partial charge < -0.3 is 10.6 Å². The van der Waals surface area contributed by atoms with E-state index >= 15 is 0 Å². The molecule has 1 amide bonds. The van der Waals surface area contributed by atoms with E-state index in [1.165, 1.54) is 5.56 Å². The van der Waals surface area contributed by atoms with Crippen molar-refractivity contribution in [3.63, 3.8) is 0 Å². The molecule has 1 heterocycles. The van der Waals surface area contributed by atoms with Crippen LogP contribution in [-0.2, 0) is 4.79 Å². The van der Waals surface area contributed by atoms with E-state index in [9.17, 15) is 4.79 Å². The Bertz CT molecular complexity index is 400. The van der Waals surface area contributed by atoms with Crippen LogP contribution in [0.15, 0.2) is 30.3 Å². The molecule has 3 rings (SSSR count). The average molecular weight is 230 g/mol. The van der Waals surface area contributed by atoms with Crippen LogP contribution in [-0.4, -0.2) is 25.0 Å². The highest BCUT2D eigenvalue weighted by molar-refractivity contribution is 5.77. The predicted molar refractivity (Wildman–Crippen MR) is 66.7 cm³/mol. The van der Waals surface area contributed by atoms with E-state index in [0.717, 1.165) is 19.5 Å². The zero-order valence-corrected chi connectivity index (χ0v) is 9.86. The molecule has 2 fully saturated rings. The second-order valence-electron chi connectivity index (χ2n) is 5.16. The molecule has 90 valence electrons. The zero-order chi connectivity index (χ0) is 11.7. The lowest BCUT2D eigenvalue weighted by molar-refractivity contribution is -0.122. The van der Waals surface area contributed by atoms with Crippen molar-refractivity contribution in [1.82, 2.24) is 10.6 Å². The predicted octanol–water partition coefficient (Wildman–Crippen LogP) is 1.27. The highest BCUT2D eigenvalue weighted by Gasteiger charge is 2.39. The molecule has 1 aromatic rings. The molecule has 3 heteroatoms. The minimum atomic E-state index is 0.222. The summed E-state index contributed by atoms with van der Waals surface area (Å²) >= 11 is 0. The Labute approximate surface area is 102 Å². The Hall–Kier alpha value is -1.35. The Morgan fingerprint density at radius 2 is 2.06 bits per heavy atom. The Kier molecular flexibility index (Phi) is 2.85. The van der Waals surface area contributed by atoms with Crippen LogP contribution in [0.1, 0.15) is 24.3 Å². The van der Waals surface area contributed by atoms with Crippen molar-refractivity contribution in [2.75, 3.05) is 13.1 Å². The van der Waals surface area contributed by atoms with Gasteiger partial charge in [0.05, 0.1) is 0 Å². The third-order valence-electron chi connectivity index (χ3n) is 3.70. The summed E-state index contributed by atoms with van der Waals surface area (Å²) in [6, 6.07) is 10.8. The van der Waals surface area contributed by atoms with E-state index in [2.05, 4.69) is 34.9 Å². The molecule has 2 N–H and O–H groups in total. The van der Waals surface area contributed by atoms with E-state index in [1.54, 1.807) is 0 Å². The molecule has 0 bridgehead atoms. The molecular formula is C14H18N2O. The zero-order valence-electron chi connectivity index (χ0n) is 9.86. The summed E-state index contributed by atoms with van der Waals surface area (Å²) < 4.78 is 0. The van der Waals surface area contributed by atoms with Crippen molar-refractivity contribution in [2.45, 2.75) is 24.8 Å². The SMILES string of the molecule is O=C(CC1CNC1)NC1CC1c1ccccc1. The van der Waals surface area contributed by atoms with Gasteiger partial charge in [0.2, 0.25) is 5.91 Å². The summed E-state index contributed by atoms with van der Waals surface area (Å²) in [4.78, 5) is 11.7. The monoisotopic (exact) mass is 230 g/mol. The molecule has 1 aliphatic heterocycles. The van der Waals surface area contributed by atoms with Crippen LogP contribution in [0.5, 0.6) is 0 Å². The number of hydrogen-bond acceptors (Lipinski definition) is 2. The van der Waals surface area contributed by atoms with Crippen molar-refractivity contribution < 1.29 is 4.79 Å². The van der Waals surface area contributed by atoms with E-state index in [1.807, 2.05) is 6.07 Å². The summed E-state index contributed by atoms with van der Waals surface area (Å²) in [7, 11) is 0. The van der Waals surface area contributed by atoms with Crippen LogP contribution in [0, 0.1) is 5.92 Å². The summed E-state index contributed by atoms with van der Waals surface area (Å²) in [5, 5.41) is 6.32. The highest BCUT2D eigenvalue weighted by Crippen LogP contribution is 2.40. The maximum Gasteiger partial charge on any atom is 0.220 e. The molecule has 1 saturated heterocycles. The van der Waals surface area contributed by atoms with Gasteiger partial charge in [-0.25, -0.2) is 0 Å². The molecule has 3 nitrogen and oxygen atoms in total. The molecule has 17 heavy (non-hydrogen) atoms. The van der Waals surface area contributed by atoms with Crippen LogP contribution in [0.25, 0.3) is 0 Å². The number of nitrogens with one attached hydrogen (secondary N) is 2. The van der Waals surface area contributed by atoms with Gasteiger partial charge in [-0.05, 0) is 31.0 Å². The minimum Gasteiger partial charge on any atom is -0.353 e. The first-order chi connectivity index (χ1) is 8.33. The molecule has 0 spiro atoms. The number of hydrogen-bond donors (Lipinski definition) is 2. The Balaban J connectivity index is 1.47. The van der Waals surface area contributed by atoms with Crippen LogP contribution < -0.4 is 10.6 Å². The summed E-state index contributed by atoms with van der Waals surface area (Å²) in [5.41, 5.74) is 1.35. The molecule has 2 unspecified atom stereocenters. The Morgan fingerprint density at radius 1 is 1.29 bits per heavy atom. The first kappa shape index (κ1) is 10.8. The third kappa shape index (κ3) is 2.50. The topological polar surface area (TPSA) is 41.1 Å². The van der Waals surface area contributed by atoms with Gasteiger partial charge in [0.25, 0.3) is 0 Å². The molecule has 2 aliphatic rings. The van der Waals surface area contributed by atoms with Crippen molar-refractivity contribution in [2.24, 2.45) is 5.92 Å². The van der Waals surface area contributed by atoms with Crippen LogP contribution in [0.2, 0.25) is 0 Å². The number of benzene rings is 1. The van der Waals surface area contributed by atoms with E-state index in [-0.39, 0.29) is 5.91 Å². The van der Waals surface area contributed by atoms with Crippen molar-refractivity contribution in [3.05, 3.63) is 35.9 Å². The van der Waals surface area contributed by atoms with Crippen LogP contribution in [0.4, 0.5) is 0 Å². The minimum absolute atomic E-state index is 0.222. The molecule has 2 atom stereocenters. The van der Waals surface area contributed by atoms with E-state index in [0.29, 0.717) is 24.3 Å². The van der Waals surface area contributed by atoms with Gasteiger partial charge in [0, 0.05) is 18.4 Å². The standard InChI is InChI=1S/C14H18N2O/c17-14(6-10-8-15-9-10)16-13-7-12(13)11-4-2-1-3-5-11/h1-5,10,12-13,15H,6-9H2,(H,16,17). The largest absolute Gasteiger partial charge is 0.353 e. The molecule has 0 aromatic heterocycles. The van der Waals surface area contributed by atoms with Crippen molar-refractivity contribution in [1.29, 1.82) is 0 Å². The normalized spacial score (nSPS) is 27.3. The molecule has 1 aromatic carbocycles. The van der Waals surface area contributed by atoms with Gasteiger partial charge >= 0.3 is 0 Å². The fourth-order valence-electron chi connectivity index (χ4n) is 2.44. The molecule has 1 saturated carbocycles. The molecule has 1 aliphatic carbocycles. The maximum absolute atomic E-state index is 11.7. The van der Waals surface area contributed by atoms with E-state index in [4.69, 9.17) is 0 Å². The highest BCUT2D eigenvalue weighted by atomic mass is 16.1. The van der Waals surface area contributed by atoms with Gasteiger partial charge in [0.15, 0.2) is 0 Å². The van der Waals surface area contributed by atoms with Crippen molar-refractivity contribution in [3.8, 4) is 0 Å². The second kappa shape index (κ2) is 4.49. The smallest absolute Gasteiger partial charge is 0.220 e. The average Bonchev–Trinajstić information content (AvgIpc) is 3.04. The summed E-state index contributed by atoms with van der Waals surface area (Å²) in [6.45, 7) is 2.00. The quantitative estimate of drug-likeness (QED) is 0.818. The van der Waals surface area contributed by atoms with Crippen molar-refractivity contribution >= 4 is 5.91 Å². The fourth-order valence-corrected chi connectivity index (χ4v) is 2.44. The number of carbonyl (C=O) groups is 1. The van der Waals surface area contributed by atoms with Gasteiger partial charge in [-0.1, -0.05) is 30.3 Å². The molecular weight excluding hydrogens is 212 g/mol. The van der Waals surface area contributed by atoms with Gasteiger partial charge in [0.1, 0.15) is 0 Å². The van der Waals surface area contributed by atoms with Gasteiger partial charge in [-0.2, -0.15) is 0 Å². The van der Waals surface area contributed by atoms with Gasteiger partial charge in [-0.3, -0.25) is 4.79 Å². The first-order valence-electron chi connectivity index (χ1n) is 6.38.